The van der Waals surface area contributed by atoms with E-state index in [2.05, 4.69) is 18.9 Å². The Labute approximate surface area is 56.5 Å². The van der Waals surface area contributed by atoms with Gasteiger partial charge < -0.3 is 10.0 Å². The number of piperidine rings is 1. The van der Waals surface area contributed by atoms with Crippen molar-refractivity contribution < 1.29 is 5.11 Å². The quantitative estimate of drug-likeness (QED) is 0.506. The molecule has 0 aromatic carbocycles. The van der Waals surface area contributed by atoms with Crippen LogP contribution in [0.2, 0.25) is 0 Å². The SMILES string of the molecule is [CH2]C1(O)CCN(C)CC1. The van der Waals surface area contributed by atoms with Crippen molar-refractivity contribution in [3.05, 3.63) is 6.92 Å². The molecule has 1 aliphatic heterocycles. The molecule has 2 nitrogen and oxygen atoms in total. The van der Waals surface area contributed by atoms with Crippen LogP contribution in [0.3, 0.4) is 0 Å². The molecule has 0 atom stereocenters. The predicted molar refractivity (Wildman–Crippen MR) is 37.0 cm³/mol. The van der Waals surface area contributed by atoms with Crippen LogP contribution < -0.4 is 0 Å². The topological polar surface area (TPSA) is 23.5 Å². The third kappa shape index (κ3) is 1.95. The Balaban J connectivity index is 2.35. The van der Waals surface area contributed by atoms with Crippen LogP contribution >= 0.6 is 0 Å². The minimum absolute atomic E-state index is 0.632. The van der Waals surface area contributed by atoms with E-state index in [1.807, 2.05) is 0 Å². The Morgan fingerprint density at radius 2 is 1.89 bits per heavy atom. The summed E-state index contributed by atoms with van der Waals surface area (Å²) in [4.78, 5) is 2.21. The van der Waals surface area contributed by atoms with Gasteiger partial charge in [-0.25, -0.2) is 0 Å². The predicted octanol–water partition coefficient (Wildman–Crippen LogP) is 0.277. The zero-order chi connectivity index (χ0) is 6.91. The third-order valence-corrected chi connectivity index (χ3v) is 1.92. The molecule has 1 heterocycles. The summed E-state index contributed by atoms with van der Waals surface area (Å²) in [7, 11) is 2.06. The van der Waals surface area contributed by atoms with E-state index < -0.39 is 5.60 Å². The fourth-order valence-electron chi connectivity index (χ4n) is 1.03. The van der Waals surface area contributed by atoms with Gasteiger partial charge in [0.2, 0.25) is 0 Å². The summed E-state index contributed by atoms with van der Waals surface area (Å²) in [6.45, 7) is 5.64. The van der Waals surface area contributed by atoms with E-state index in [1.165, 1.54) is 0 Å². The van der Waals surface area contributed by atoms with Crippen molar-refractivity contribution in [2.45, 2.75) is 18.4 Å². The van der Waals surface area contributed by atoms with Crippen LogP contribution in [0.4, 0.5) is 0 Å². The lowest BCUT2D eigenvalue weighted by Crippen LogP contribution is -2.40. The van der Waals surface area contributed by atoms with Crippen LogP contribution in [0.1, 0.15) is 12.8 Å². The lowest BCUT2D eigenvalue weighted by molar-refractivity contribution is 0.0240. The molecule has 0 spiro atoms. The molecule has 53 valence electrons. The van der Waals surface area contributed by atoms with Crippen LogP contribution in [0.5, 0.6) is 0 Å². The first-order valence-electron chi connectivity index (χ1n) is 3.36. The first-order valence-corrected chi connectivity index (χ1v) is 3.36. The highest BCUT2D eigenvalue weighted by Gasteiger charge is 2.25. The Hall–Kier alpha value is -0.0800. The molecule has 1 N–H and O–H groups in total. The fourth-order valence-corrected chi connectivity index (χ4v) is 1.03. The molecule has 0 aromatic rings. The van der Waals surface area contributed by atoms with Crippen LogP contribution in [-0.4, -0.2) is 35.7 Å². The van der Waals surface area contributed by atoms with Gasteiger partial charge in [-0.1, -0.05) is 0 Å². The molecule has 0 bridgehead atoms. The molecule has 1 saturated heterocycles. The maximum Gasteiger partial charge on any atom is 0.0673 e. The Morgan fingerprint density at radius 3 is 2.22 bits per heavy atom. The molecular weight excluding hydrogens is 114 g/mol. The lowest BCUT2D eigenvalue weighted by Gasteiger charge is -2.33. The molecule has 2 heteroatoms. The molecule has 0 aliphatic carbocycles. The van der Waals surface area contributed by atoms with Crippen LogP contribution in [0.25, 0.3) is 0 Å². The standard InChI is InChI=1S/C7H14NO/c1-7(9)3-5-8(2)6-4-7/h9H,1,3-6H2,2H3. The average molecular weight is 128 g/mol. The molecule has 1 rings (SSSR count). The highest BCUT2D eigenvalue weighted by Crippen LogP contribution is 2.18. The van der Waals surface area contributed by atoms with Gasteiger partial charge in [0.25, 0.3) is 0 Å². The zero-order valence-corrected chi connectivity index (χ0v) is 5.93. The minimum atomic E-state index is -0.632. The Bertz CT molecular complexity index is 91.1. The fraction of sp³-hybridized carbons (Fsp3) is 0.857. The summed E-state index contributed by atoms with van der Waals surface area (Å²) in [5.74, 6) is 0. The normalized spacial score (nSPS) is 28.3. The van der Waals surface area contributed by atoms with Gasteiger partial charge in [0.05, 0.1) is 5.60 Å². The van der Waals surface area contributed by atoms with E-state index >= 15 is 0 Å². The molecule has 1 radical (unpaired) electrons. The highest BCUT2D eigenvalue weighted by atomic mass is 16.3. The van der Waals surface area contributed by atoms with Crippen LogP contribution in [-0.2, 0) is 0 Å². The smallest absolute Gasteiger partial charge is 0.0673 e. The second kappa shape index (κ2) is 2.27. The third-order valence-electron chi connectivity index (χ3n) is 1.92. The number of aliphatic hydroxyl groups is 1. The Morgan fingerprint density at radius 1 is 1.44 bits per heavy atom. The highest BCUT2D eigenvalue weighted by molar-refractivity contribution is 4.86. The van der Waals surface area contributed by atoms with E-state index in [9.17, 15) is 5.11 Å². The lowest BCUT2D eigenvalue weighted by atomic mass is 9.94. The van der Waals surface area contributed by atoms with Gasteiger partial charge in [0.1, 0.15) is 0 Å². The second-order valence-corrected chi connectivity index (χ2v) is 3.03. The first kappa shape index (κ1) is 7.03. The van der Waals surface area contributed by atoms with Gasteiger partial charge in [0, 0.05) is 13.1 Å². The molecule has 1 fully saturated rings. The maximum absolute atomic E-state index is 9.35. The van der Waals surface area contributed by atoms with Crippen LogP contribution in [0, 0.1) is 6.92 Å². The van der Waals surface area contributed by atoms with Crippen LogP contribution in [0.15, 0.2) is 0 Å². The summed E-state index contributed by atoms with van der Waals surface area (Å²) in [5, 5.41) is 9.35. The molecular formula is C7H14NO. The average Bonchev–Trinajstić information content (AvgIpc) is 1.78. The van der Waals surface area contributed by atoms with Crippen molar-refractivity contribution in [2.24, 2.45) is 0 Å². The largest absolute Gasteiger partial charge is 0.390 e. The molecule has 0 saturated carbocycles. The van der Waals surface area contributed by atoms with Gasteiger partial charge in [-0.2, -0.15) is 0 Å². The van der Waals surface area contributed by atoms with Gasteiger partial charge in [-0.3, -0.25) is 0 Å². The summed E-state index contributed by atoms with van der Waals surface area (Å²) in [5.41, 5.74) is -0.632. The monoisotopic (exact) mass is 128 g/mol. The summed E-state index contributed by atoms with van der Waals surface area (Å²) in [6.07, 6.45) is 1.62. The minimum Gasteiger partial charge on any atom is -0.390 e. The number of hydrogen-bond acceptors (Lipinski definition) is 2. The molecule has 0 aromatic heterocycles. The van der Waals surface area contributed by atoms with E-state index in [0.717, 1.165) is 25.9 Å². The summed E-state index contributed by atoms with van der Waals surface area (Å²) < 4.78 is 0. The summed E-state index contributed by atoms with van der Waals surface area (Å²) in [6, 6.07) is 0. The first-order chi connectivity index (χ1) is 4.10. The number of nitrogens with zero attached hydrogens (tertiary/aromatic N) is 1. The summed E-state index contributed by atoms with van der Waals surface area (Å²) >= 11 is 0. The van der Waals surface area contributed by atoms with Gasteiger partial charge in [-0.05, 0) is 26.8 Å². The molecule has 0 amide bonds. The van der Waals surface area contributed by atoms with E-state index in [0.29, 0.717) is 0 Å². The van der Waals surface area contributed by atoms with Crippen molar-refractivity contribution in [3.8, 4) is 0 Å². The number of rotatable bonds is 0. The van der Waals surface area contributed by atoms with Gasteiger partial charge in [0.15, 0.2) is 0 Å². The number of hydrogen-bond donors (Lipinski definition) is 1. The van der Waals surface area contributed by atoms with Crippen molar-refractivity contribution in [2.75, 3.05) is 20.1 Å². The maximum atomic E-state index is 9.35. The second-order valence-electron chi connectivity index (χ2n) is 3.03. The Kier molecular flexibility index (Phi) is 1.78. The van der Waals surface area contributed by atoms with E-state index in [4.69, 9.17) is 0 Å². The molecule has 1 aliphatic rings. The van der Waals surface area contributed by atoms with Crippen molar-refractivity contribution in [3.63, 3.8) is 0 Å². The zero-order valence-electron chi connectivity index (χ0n) is 5.93. The van der Waals surface area contributed by atoms with Gasteiger partial charge in [-0.15, -0.1) is 0 Å². The van der Waals surface area contributed by atoms with Crippen molar-refractivity contribution >= 4 is 0 Å². The van der Waals surface area contributed by atoms with Crippen molar-refractivity contribution in [1.82, 2.24) is 4.90 Å². The van der Waals surface area contributed by atoms with E-state index in [1.54, 1.807) is 0 Å². The number of likely N-dealkylation sites (tertiary alicyclic amines) is 1. The van der Waals surface area contributed by atoms with Gasteiger partial charge >= 0.3 is 0 Å². The van der Waals surface area contributed by atoms with E-state index in [-0.39, 0.29) is 0 Å². The van der Waals surface area contributed by atoms with Crippen molar-refractivity contribution in [1.29, 1.82) is 0 Å². The molecule has 9 heavy (non-hydrogen) atoms. The molecule has 0 unspecified atom stereocenters.